The van der Waals surface area contributed by atoms with Crippen LogP contribution in [0.1, 0.15) is 0 Å². The number of ether oxygens (including phenoxy) is 1. The molecule has 0 aliphatic heterocycles. The third kappa shape index (κ3) is 2.69. The van der Waals surface area contributed by atoms with E-state index in [0.29, 0.717) is 0 Å². The molecule has 0 N–H and O–H groups in total. The molecule has 0 aliphatic rings. The number of hydrogen-bond acceptors (Lipinski definition) is 1. The summed E-state index contributed by atoms with van der Waals surface area (Å²) in [7, 11) is 1.39. The van der Waals surface area contributed by atoms with Crippen LogP contribution < -0.4 is 10.6 Å². The molecule has 0 aliphatic carbocycles. The van der Waals surface area contributed by atoms with E-state index in [-0.39, 0.29) is 7.92 Å². The average Bonchev–Trinajstić information content (AvgIpc) is 2.38. The molecule has 0 fully saturated rings. The summed E-state index contributed by atoms with van der Waals surface area (Å²) >= 11 is 0. The van der Waals surface area contributed by atoms with Crippen LogP contribution in [0, 0.1) is 0 Å². The van der Waals surface area contributed by atoms with Gasteiger partial charge in [-0.3, -0.25) is 0 Å². The molecule has 2 aromatic carbocycles. The standard InChI is InChI=1S/C14H15OP/c1-15-12-16(13-8-4-2-5-9-13)14-10-6-3-7-11-14/h2-11H,12H2,1H3. The van der Waals surface area contributed by atoms with Crippen LogP contribution in [0.2, 0.25) is 0 Å². The second kappa shape index (κ2) is 5.79. The Morgan fingerprint density at radius 3 is 1.62 bits per heavy atom. The Bertz CT molecular complexity index is 374. The molecule has 2 aromatic rings. The zero-order chi connectivity index (χ0) is 11.2. The zero-order valence-electron chi connectivity index (χ0n) is 9.34. The Morgan fingerprint density at radius 2 is 1.25 bits per heavy atom. The van der Waals surface area contributed by atoms with Crippen LogP contribution in [-0.4, -0.2) is 13.5 Å². The molecule has 2 heteroatoms. The van der Waals surface area contributed by atoms with E-state index in [2.05, 4.69) is 60.7 Å². The fraction of sp³-hybridized carbons (Fsp3) is 0.143. The first-order chi connectivity index (χ1) is 7.92. The summed E-state index contributed by atoms with van der Waals surface area (Å²) in [4.78, 5) is 0. The van der Waals surface area contributed by atoms with Gasteiger partial charge in [-0.05, 0) is 18.5 Å². The molecule has 0 saturated carbocycles. The van der Waals surface area contributed by atoms with E-state index in [4.69, 9.17) is 4.74 Å². The van der Waals surface area contributed by atoms with Gasteiger partial charge in [0.05, 0.1) is 6.35 Å². The minimum Gasteiger partial charge on any atom is -0.380 e. The molecule has 0 aromatic heterocycles. The van der Waals surface area contributed by atoms with Crippen molar-refractivity contribution < 1.29 is 4.74 Å². The van der Waals surface area contributed by atoms with Crippen LogP contribution in [-0.2, 0) is 4.74 Å². The molecule has 2 rings (SSSR count). The molecule has 1 nitrogen and oxygen atoms in total. The first-order valence-electron chi connectivity index (χ1n) is 5.28. The fourth-order valence-electron chi connectivity index (χ4n) is 1.64. The van der Waals surface area contributed by atoms with Gasteiger partial charge in [-0.2, -0.15) is 0 Å². The van der Waals surface area contributed by atoms with E-state index in [1.807, 2.05) is 0 Å². The van der Waals surface area contributed by atoms with E-state index >= 15 is 0 Å². The van der Waals surface area contributed by atoms with Crippen molar-refractivity contribution in [3.63, 3.8) is 0 Å². The van der Waals surface area contributed by atoms with Crippen molar-refractivity contribution in [3.8, 4) is 0 Å². The maximum atomic E-state index is 5.34. The van der Waals surface area contributed by atoms with Gasteiger partial charge in [0, 0.05) is 7.11 Å². The van der Waals surface area contributed by atoms with Gasteiger partial charge in [0.1, 0.15) is 0 Å². The van der Waals surface area contributed by atoms with Crippen LogP contribution in [0.5, 0.6) is 0 Å². The summed E-state index contributed by atoms with van der Waals surface area (Å²) < 4.78 is 5.34. The van der Waals surface area contributed by atoms with Crippen LogP contribution in [0.3, 0.4) is 0 Å². The van der Waals surface area contributed by atoms with Gasteiger partial charge < -0.3 is 4.74 Å². The molecule has 82 valence electrons. The minimum absolute atomic E-state index is 0.373. The molecule has 0 radical (unpaired) electrons. The lowest BCUT2D eigenvalue weighted by Gasteiger charge is -2.17. The first-order valence-corrected chi connectivity index (χ1v) is 6.81. The zero-order valence-corrected chi connectivity index (χ0v) is 10.2. The highest BCUT2D eigenvalue weighted by atomic mass is 31.1. The molecular weight excluding hydrogens is 215 g/mol. The van der Waals surface area contributed by atoms with E-state index in [9.17, 15) is 0 Å². The number of hydrogen-bond donors (Lipinski definition) is 0. The van der Waals surface area contributed by atoms with Crippen molar-refractivity contribution in [2.24, 2.45) is 0 Å². The number of benzene rings is 2. The molecule has 0 unspecified atom stereocenters. The summed E-state index contributed by atoms with van der Waals surface area (Å²) in [5.74, 6) is 0. The molecular formula is C14H15OP. The second-order valence-electron chi connectivity index (χ2n) is 3.52. The molecule has 0 atom stereocenters. The highest BCUT2D eigenvalue weighted by Gasteiger charge is 2.12. The SMILES string of the molecule is COCP(c1ccccc1)c1ccccc1. The molecule has 0 amide bonds. The minimum atomic E-state index is -0.373. The van der Waals surface area contributed by atoms with Gasteiger partial charge in [0.25, 0.3) is 0 Å². The Labute approximate surface area is 97.8 Å². The molecule has 0 spiro atoms. The van der Waals surface area contributed by atoms with Crippen molar-refractivity contribution in [1.29, 1.82) is 0 Å². The monoisotopic (exact) mass is 230 g/mol. The van der Waals surface area contributed by atoms with Gasteiger partial charge >= 0.3 is 0 Å². The smallest absolute Gasteiger partial charge is 0.0738 e. The van der Waals surface area contributed by atoms with E-state index in [1.165, 1.54) is 10.6 Å². The quantitative estimate of drug-likeness (QED) is 0.734. The first kappa shape index (κ1) is 11.3. The van der Waals surface area contributed by atoms with Crippen molar-refractivity contribution >= 4 is 18.5 Å². The third-order valence-electron chi connectivity index (χ3n) is 2.39. The van der Waals surface area contributed by atoms with E-state index in [0.717, 1.165) is 6.35 Å². The van der Waals surface area contributed by atoms with Gasteiger partial charge in [0.2, 0.25) is 0 Å². The lowest BCUT2D eigenvalue weighted by molar-refractivity contribution is 0.256. The molecule has 0 saturated heterocycles. The topological polar surface area (TPSA) is 9.23 Å². The lowest BCUT2D eigenvalue weighted by atomic mass is 10.4. The Hall–Kier alpha value is -1.17. The van der Waals surface area contributed by atoms with Crippen LogP contribution in [0.25, 0.3) is 0 Å². The summed E-state index contributed by atoms with van der Waals surface area (Å²) in [6, 6.07) is 21.2. The van der Waals surface area contributed by atoms with Crippen molar-refractivity contribution in [2.75, 3.05) is 13.5 Å². The van der Waals surface area contributed by atoms with E-state index < -0.39 is 0 Å². The maximum Gasteiger partial charge on any atom is 0.0738 e. The summed E-state index contributed by atoms with van der Waals surface area (Å²) in [5, 5.41) is 2.73. The van der Waals surface area contributed by atoms with Crippen LogP contribution in [0.4, 0.5) is 0 Å². The predicted octanol–water partition coefficient (Wildman–Crippen LogP) is 2.72. The van der Waals surface area contributed by atoms with Gasteiger partial charge in [-0.25, -0.2) is 0 Å². The van der Waals surface area contributed by atoms with Crippen LogP contribution in [0.15, 0.2) is 60.7 Å². The van der Waals surface area contributed by atoms with Crippen molar-refractivity contribution in [3.05, 3.63) is 60.7 Å². The van der Waals surface area contributed by atoms with Crippen LogP contribution >= 0.6 is 7.92 Å². The molecule has 0 heterocycles. The van der Waals surface area contributed by atoms with Crippen molar-refractivity contribution in [1.82, 2.24) is 0 Å². The Kier molecular flexibility index (Phi) is 4.10. The van der Waals surface area contributed by atoms with Crippen molar-refractivity contribution in [2.45, 2.75) is 0 Å². The Balaban J connectivity index is 2.31. The summed E-state index contributed by atoms with van der Waals surface area (Å²) in [5.41, 5.74) is 0. The second-order valence-corrected chi connectivity index (χ2v) is 5.66. The fourth-order valence-corrected chi connectivity index (χ4v) is 3.56. The third-order valence-corrected chi connectivity index (χ3v) is 4.75. The highest BCUT2D eigenvalue weighted by Crippen LogP contribution is 2.32. The number of rotatable bonds is 4. The molecule has 16 heavy (non-hydrogen) atoms. The maximum absolute atomic E-state index is 5.34. The van der Waals surface area contributed by atoms with Gasteiger partial charge in [-0.15, -0.1) is 0 Å². The summed E-state index contributed by atoms with van der Waals surface area (Å²) in [6.45, 7) is 0. The average molecular weight is 230 g/mol. The highest BCUT2D eigenvalue weighted by molar-refractivity contribution is 7.72. The van der Waals surface area contributed by atoms with Gasteiger partial charge in [-0.1, -0.05) is 60.7 Å². The normalized spacial score (nSPS) is 10.6. The summed E-state index contributed by atoms with van der Waals surface area (Å²) in [6.07, 6.45) is 0.781. The largest absolute Gasteiger partial charge is 0.380 e. The van der Waals surface area contributed by atoms with Gasteiger partial charge in [0.15, 0.2) is 0 Å². The number of methoxy groups -OCH3 is 1. The predicted molar refractivity (Wildman–Crippen MR) is 70.9 cm³/mol. The lowest BCUT2D eigenvalue weighted by Crippen LogP contribution is -2.14. The van der Waals surface area contributed by atoms with E-state index in [1.54, 1.807) is 7.11 Å². The molecule has 0 bridgehead atoms. The Morgan fingerprint density at radius 1 is 0.812 bits per heavy atom.